The topological polar surface area (TPSA) is 34.1 Å². The van der Waals surface area contributed by atoms with Crippen molar-refractivity contribution in [1.82, 2.24) is 0 Å². The van der Waals surface area contributed by atoms with Crippen LogP contribution in [-0.2, 0) is 9.84 Å². The van der Waals surface area contributed by atoms with Crippen LogP contribution in [0.4, 0.5) is 0 Å². The second kappa shape index (κ2) is 4.50. The van der Waals surface area contributed by atoms with Crippen LogP contribution in [0.1, 0.15) is 26.7 Å². The highest BCUT2D eigenvalue weighted by molar-refractivity contribution is 7.94. The molecular formula is C7H14O2S. The van der Waals surface area contributed by atoms with E-state index < -0.39 is 9.84 Å². The molecule has 0 unspecified atom stereocenters. The van der Waals surface area contributed by atoms with Crippen molar-refractivity contribution in [3.63, 3.8) is 0 Å². The van der Waals surface area contributed by atoms with E-state index in [1.54, 1.807) is 13.0 Å². The van der Waals surface area contributed by atoms with Crippen molar-refractivity contribution < 1.29 is 8.42 Å². The van der Waals surface area contributed by atoms with Gasteiger partial charge in [-0.25, -0.2) is 8.42 Å². The van der Waals surface area contributed by atoms with E-state index in [0.717, 1.165) is 12.8 Å². The Bertz CT molecular complexity index is 190. The molecule has 0 aromatic rings. The highest BCUT2D eigenvalue weighted by atomic mass is 32.2. The Balaban J connectivity index is 3.89. The summed E-state index contributed by atoms with van der Waals surface area (Å²) >= 11 is 0. The molecular weight excluding hydrogens is 148 g/mol. The molecule has 0 saturated heterocycles. The maximum Gasteiger partial charge on any atom is 0.171 e. The number of sulfone groups is 1. The van der Waals surface area contributed by atoms with Gasteiger partial charge in [0.15, 0.2) is 9.84 Å². The standard InChI is InChI=1S/C7H14O2S/c1-3-5-6-7-10(8,9)4-2/h6-7H,3-5H2,1-2H3. The molecule has 0 aliphatic heterocycles. The molecule has 0 rings (SSSR count). The molecule has 60 valence electrons. The summed E-state index contributed by atoms with van der Waals surface area (Å²) in [5.41, 5.74) is 0. The van der Waals surface area contributed by atoms with Crippen molar-refractivity contribution in [3.8, 4) is 0 Å². The molecule has 0 amide bonds. The maximum absolute atomic E-state index is 10.8. The van der Waals surface area contributed by atoms with Crippen LogP contribution in [0.3, 0.4) is 0 Å². The summed E-state index contributed by atoms with van der Waals surface area (Å²) in [4.78, 5) is 0. The third-order valence-electron chi connectivity index (χ3n) is 1.16. The zero-order chi connectivity index (χ0) is 8.04. The van der Waals surface area contributed by atoms with Crippen LogP contribution in [-0.4, -0.2) is 14.2 Å². The predicted molar refractivity (Wildman–Crippen MR) is 43.5 cm³/mol. The first-order valence-corrected chi connectivity index (χ1v) is 5.23. The van der Waals surface area contributed by atoms with Gasteiger partial charge in [-0.05, 0) is 6.42 Å². The van der Waals surface area contributed by atoms with Gasteiger partial charge in [0.2, 0.25) is 0 Å². The Morgan fingerprint density at radius 1 is 1.30 bits per heavy atom. The van der Waals surface area contributed by atoms with Crippen LogP contribution >= 0.6 is 0 Å². The third kappa shape index (κ3) is 4.56. The van der Waals surface area contributed by atoms with Gasteiger partial charge >= 0.3 is 0 Å². The van der Waals surface area contributed by atoms with Gasteiger partial charge in [-0.3, -0.25) is 0 Å². The molecule has 0 radical (unpaired) electrons. The van der Waals surface area contributed by atoms with E-state index in [9.17, 15) is 8.42 Å². The second-order valence-electron chi connectivity index (χ2n) is 2.11. The molecule has 0 atom stereocenters. The summed E-state index contributed by atoms with van der Waals surface area (Å²) in [6, 6.07) is 0. The van der Waals surface area contributed by atoms with Gasteiger partial charge in [0.05, 0.1) is 5.75 Å². The minimum Gasteiger partial charge on any atom is -0.224 e. The van der Waals surface area contributed by atoms with Gasteiger partial charge in [-0.15, -0.1) is 0 Å². The van der Waals surface area contributed by atoms with E-state index in [0.29, 0.717) is 0 Å². The van der Waals surface area contributed by atoms with Gasteiger partial charge in [0.25, 0.3) is 0 Å². The molecule has 0 heterocycles. The number of rotatable bonds is 4. The fourth-order valence-corrected chi connectivity index (χ4v) is 1.10. The molecule has 0 spiro atoms. The molecule has 3 heteroatoms. The van der Waals surface area contributed by atoms with Crippen molar-refractivity contribution in [3.05, 3.63) is 11.5 Å². The van der Waals surface area contributed by atoms with Gasteiger partial charge in [0, 0.05) is 5.41 Å². The van der Waals surface area contributed by atoms with Gasteiger partial charge in [-0.2, -0.15) is 0 Å². The first kappa shape index (κ1) is 9.69. The van der Waals surface area contributed by atoms with Gasteiger partial charge in [0.1, 0.15) is 0 Å². The Morgan fingerprint density at radius 2 is 1.90 bits per heavy atom. The summed E-state index contributed by atoms with van der Waals surface area (Å²) in [5, 5.41) is 1.30. The van der Waals surface area contributed by atoms with Crippen LogP contribution in [0, 0.1) is 0 Å². The van der Waals surface area contributed by atoms with Crippen LogP contribution < -0.4 is 0 Å². The highest BCUT2D eigenvalue weighted by Gasteiger charge is 1.97. The van der Waals surface area contributed by atoms with E-state index in [1.807, 2.05) is 6.92 Å². The minimum absolute atomic E-state index is 0.202. The Kier molecular flexibility index (Phi) is 4.36. The fourth-order valence-electron chi connectivity index (χ4n) is 0.478. The van der Waals surface area contributed by atoms with Crippen molar-refractivity contribution in [2.75, 3.05) is 5.75 Å². The fraction of sp³-hybridized carbons (Fsp3) is 0.714. The zero-order valence-corrected chi connectivity index (χ0v) is 7.32. The Labute approximate surface area is 62.9 Å². The molecule has 0 fully saturated rings. The van der Waals surface area contributed by atoms with Crippen molar-refractivity contribution >= 4 is 9.84 Å². The molecule has 0 aromatic heterocycles. The normalized spacial score (nSPS) is 12.6. The lowest BCUT2D eigenvalue weighted by atomic mass is 10.3. The van der Waals surface area contributed by atoms with E-state index in [4.69, 9.17) is 0 Å². The van der Waals surface area contributed by atoms with Gasteiger partial charge in [-0.1, -0.05) is 26.3 Å². The van der Waals surface area contributed by atoms with E-state index >= 15 is 0 Å². The molecule has 0 saturated carbocycles. The number of unbranched alkanes of at least 4 members (excludes halogenated alkanes) is 1. The van der Waals surface area contributed by atoms with Crippen molar-refractivity contribution in [2.24, 2.45) is 0 Å². The Hall–Kier alpha value is -0.310. The predicted octanol–water partition coefficient (Wildman–Crippen LogP) is 1.73. The average Bonchev–Trinajstić information content (AvgIpc) is 1.89. The summed E-state index contributed by atoms with van der Waals surface area (Å²) in [5.74, 6) is 0.202. The second-order valence-corrected chi connectivity index (χ2v) is 4.29. The maximum atomic E-state index is 10.8. The summed E-state index contributed by atoms with van der Waals surface area (Å²) in [6.45, 7) is 3.66. The van der Waals surface area contributed by atoms with E-state index in [-0.39, 0.29) is 5.75 Å². The molecule has 0 aliphatic carbocycles. The van der Waals surface area contributed by atoms with Crippen LogP contribution in [0.25, 0.3) is 0 Å². The number of hydrogen-bond acceptors (Lipinski definition) is 2. The molecule has 0 aliphatic rings. The molecule has 10 heavy (non-hydrogen) atoms. The summed E-state index contributed by atoms with van der Waals surface area (Å²) < 4.78 is 21.6. The SMILES string of the molecule is CCCC=CS(=O)(=O)CC. The lowest BCUT2D eigenvalue weighted by Gasteiger charge is -1.89. The van der Waals surface area contributed by atoms with Crippen molar-refractivity contribution in [2.45, 2.75) is 26.7 Å². The lowest BCUT2D eigenvalue weighted by molar-refractivity contribution is 0.605. The van der Waals surface area contributed by atoms with E-state index in [2.05, 4.69) is 0 Å². The van der Waals surface area contributed by atoms with Crippen LogP contribution in [0.2, 0.25) is 0 Å². The molecule has 0 N–H and O–H groups in total. The quantitative estimate of drug-likeness (QED) is 0.631. The van der Waals surface area contributed by atoms with Crippen LogP contribution in [0.15, 0.2) is 11.5 Å². The van der Waals surface area contributed by atoms with Crippen molar-refractivity contribution in [1.29, 1.82) is 0 Å². The smallest absolute Gasteiger partial charge is 0.171 e. The number of allylic oxidation sites excluding steroid dienone is 1. The molecule has 0 bridgehead atoms. The molecule has 0 aromatic carbocycles. The Morgan fingerprint density at radius 3 is 2.30 bits per heavy atom. The van der Waals surface area contributed by atoms with E-state index in [1.165, 1.54) is 5.41 Å². The monoisotopic (exact) mass is 162 g/mol. The largest absolute Gasteiger partial charge is 0.224 e. The summed E-state index contributed by atoms with van der Waals surface area (Å²) in [7, 11) is -2.87. The third-order valence-corrected chi connectivity index (χ3v) is 2.57. The minimum atomic E-state index is -2.87. The molecule has 2 nitrogen and oxygen atoms in total. The summed E-state index contributed by atoms with van der Waals surface area (Å²) in [6.07, 6.45) is 3.55. The first-order valence-electron chi connectivity index (χ1n) is 3.51. The zero-order valence-electron chi connectivity index (χ0n) is 6.50. The number of hydrogen-bond donors (Lipinski definition) is 0. The van der Waals surface area contributed by atoms with Gasteiger partial charge < -0.3 is 0 Å². The van der Waals surface area contributed by atoms with Crippen LogP contribution in [0.5, 0.6) is 0 Å². The average molecular weight is 162 g/mol. The first-order chi connectivity index (χ1) is 4.62. The lowest BCUT2D eigenvalue weighted by Crippen LogP contribution is -1.96. The highest BCUT2D eigenvalue weighted by Crippen LogP contribution is 1.95.